The Kier molecular flexibility index (Phi) is 5.71. The number of carbonyl (C=O) groups is 1. The van der Waals surface area contributed by atoms with Crippen molar-refractivity contribution in [2.45, 2.75) is 13.8 Å². The van der Waals surface area contributed by atoms with Crippen molar-refractivity contribution < 1.29 is 9.53 Å². The summed E-state index contributed by atoms with van der Waals surface area (Å²) in [5.41, 5.74) is 0.686. The van der Waals surface area contributed by atoms with Crippen LogP contribution in [0.2, 0.25) is 0 Å². The highest BCUT2D eigenvalue weighted by molar-refractivity contribution is 5.94. The van der Waals surface area contributed by atoms with Crippen molar-refractivity contribution in [3.8, 4) is 11.5 Å². The molecule has 0 aromatic heterocycles. The molecule has 1 amide bonds. The zero-order valence-corrected chi connectivity index (χ0v) is 15.0. The molecule has 0 bridgehead atoms. The van der Waals surface area contributed by atoms with Crippen molar-refractivity contribution in [1.82, 2.24) is 9.80 Å². The second-order valence-corrected chi connectivity index (χ2v) is 6.93. The molecule has 4 nitrogen and oxygen atoms in total. The lowest BCUT2D eigenvalue weighted by molar-refractivity contribution is 0.0623. The van der Waals surface area contributed by atoms with E-state index in [2.05, 4.69) is 18.7 Å². The Bertz CT molecular complexity index is 692. The smallest absolute Gasteiger partial charge is 0.254 e. The van der Waals surface area contributed by atoms with Gasteiger partial charge in [0.15, 0.2) is 0 Å². The van der Waals surface area contributed by atoms with Gasteiger partial charge in [-0.15, -0.1) is 0 Å². The van der Waals surface area contributed by atoms with Crippen LogP contribution in [0.3, 0.4) is 0 Å². The summed E-state index contributed by atoms with van der Waals surface area (Å²) in [6.07, 6.45) is 0. The lowest BCUT2D eigenvalue weighted by atomic mass is 10.1. The number of nitrogens with zero attached hydrogens (tertiary/aromatic N) is 2. The Balaban J connectivity index is 1.62. The minimum Gasteiger partial charge on any atom is -0.457 e. The van der Waals surface area contributed by atoms with Gasteiger partial charge in [0.2, 0.25) is 0 Å². The molecule has 4 heteroatoms. The van der Waals surface area contributed by atoms with Gasteiger partial charge in [-0.3, -0.25) is 9.69 Å². The first kappa shape index (κ1) is 17.5. The third kappa shape index (κ3) is 4.83. The van der Waals surface area contributed by atoms with Crippen molar-refractivity contribution in [2.75, 3.05) is 32.7 Å². The normalized spacial score (nSPS) is 15.4. The number of para-hydroxylation sites is 1. The fourth-order valence-electron chi connectivity index (χ4n) is 3.15. The summed E-state index contributed by atoms with van der Waals surface area (Å²) in [5.74, 6) is 2.21. The molecule has 3 rings (SSSR count). The fourth-order valence-corrected chi connectivity index (χ4v) is 3.15. The van der Waals surface area contributed by atoms with Gasteiger partial charge in [-0.25, -0.2) is 0 Å². The first-order valence-electron chi connectivity index (χ1n) is 8.96. The van der Waals surface area contributed by atoms with Crippen molar-refractivity contribution in [2.24, 2.45) is 5.92 Å². The van der Waals surface area contributed by atoms with E-state index in [0.29, 0.717) is 17.2 Å². The number of hydrogen-bond donors (Lipinski definition) is 0. The number of ether oxygens (including phenoxy) is 1. The van der Waals surface area contributed by atoms with E-state index in [-0.39, 0.29) is 5.91 Å². The van der Waals surface area contributed by atoms with Gasteiger partial charge in [-0.05, 0) is 36.2 Å². The van der Waals surface area contributed by atoms with Crippen molar-refractivity contribution in [3.63, 3.8) is 0 Å². The number of carbonyl (C=O) groups excluding carboxylic acids is 1. The van der Waals surface area contributed by atoms with Gasteiger partial charge in [-0.1, -0.05) is 38.1 Å². The molecule has 0 saturated carbocycles. The fraction of sp³-hybridized carbons (Fsp3) is 0.381. The van der Waals surface area contributed by atoms with Crippen molar-refractivity contribution in [1.29, 1.82) is 0 Å². The number of piperazine rings is 1. The second-order valence-electron chi connectivity index (χ2n) is 6.93. The van der Waals surface area contributed by atoms with Gasteiger partial charge in [0.1, 0.15) is 11.5 Å². The average Bonchev–Trinajstić information content (AvgIpc) is 2.62. The van der Waals surface area contributed by atoms with E-state index in [9.17, 15) is 4.79 Å². The zero-order valence-electron chi connectivity index (χ0n) is 15.0. The maximum absolute atomic E-state index is 12.8. The summed E-state index contributed by atoms with van der Waals surface area (Å²) in [6.45, 7) is 9.03. The van der Waals surface area contributed by atoms with E-state index < -0.39 is 0 Å². The molecule has 1 heterocycles. The predicted molar refractivity (Wildman–Crippen MR) is 100 cm³/mol. The molecule has 2 aromatic carbocycles. The highest BCUT2D eigenvalue weighted by Gasteiger charge is 2.22. The molecule has 0 unspecified atom stereocenters. The Morgan fingerprint density at radius 3 is 2.32 bits per heavy atom. The Morgan fingerprint density at radius 1 is 0.960 bits per heavy atom. The van der Waals surface area contributed by atoms with Crippen LogP contribution in [0.1, 0.15) is 24.2 Å². The number of amides is 1. The van der Waals surface area contributed by atoms with Crippen molar-refractivity contribution >= 4 is 5.91 Å². The maximum Gasteiger partial charge on any atom is 0.254 e. The second kappa shape index (κ2) is 8.17. The van der Waals surface area contributed by atoms with Crippen LogP contribution in [-0.4, -0.2) is 48.4 Å². The van der Waals surface area contributed by atoms with E-state index in [1.807, 2.05) is 59.5 Å². The number of rotatable bonds is 5. The van der Waals surface area contributed by atoms with E-state index >= 15 is 0 Å². The van der Waals surface area contributed by atoms with Crippen LogP contribution < -0.4 is 4.74 Å². The summed E-state index contributed by atoms with van der Waals surface area (Å²) >= 11 is 0. The molecule has 25 heavy (non-hydrogen) atoms. The number of hydrogen-bond acceptors (Lipinski definition) is 3. The van der Waals surface area contributed by atoms with Crippen LogP contribution >= 0.6 is 0 Å². The molecule has 1 fully saturated rings. The molecule has 0 spiro atoms. The highest BCUT2D eigenvalue weighted by atomic mass is 16.5. The van der Waals surface area contributed by atoms with Gasteiger partial charge in [0.25, 0.3) is 5.91 Å². The molecule has 1 saturated heterocycles. The topological polar surface area (TPSA) is 32.8 Å². The van der Waals surface area contributed by atoms with Crippen LogP contribution in [-0.2, 0) is 0 Å². The summed E-state index contributed by atoms with van der Waals surface area (Å²) in [4.78, 5) is 17.2. The highest BCUT2D eigenvalue weighted by Crippen LogP contribution is 2.22. The molecule has 0 N–H and O–H groups in total. The van der Waals surface area contributed by atoms with Crippen LogP contribution in [0, 0.1) is 5.92 Å². The van der Waals surface area contributed by atoms with E-state index in [4.69, 9.17) is 4.74 Å². The van der Waals surface area contributed by atoms with Gasteiger partial charge >= 0.3 is 0 Å². The lowest BCUT2D eigenvalue weighted by Crippen LogP contribution is -2.49. The van der Waals surface area contributed by atoms with Gasteiger partial charge in [-0.2, -0.15) is 0 Å². The monoisotopic (exact) mass is 338 g/mol. The molecule has 132 valence electrons. The summed E-state index contributed by atoms with van der Waals surface area (Å²) in [6, 6.07) is 17.1. The summed E-state index contributed by atoms with van der Waals surface area (Å²) in [5, 5.41) is 0. The quantitative estimate of drug-likeness (QED) is 0.829. The van der Waals surface area contributed by atoms with Crippen LogP contribution in [0.25, 0.3) is 0 Å². The summed E-state index contributed by atoms with van der Waals surface area (Å²) in [7, 11) is 0. The number of benzene rings is 2. The average molecular weight is 338 g/mol. The third-order valence-corrected chi connectivity index (χ3v) is 4.34. The standard InChI is InChI=1S/C21H26N2O2/c1-17(2)16-22-11-13-23(14-12-22)21(24)18-7-6-10-20(15-18)25-19-8-4-3-5-9-19/h3-10,15,17H,11-14,16H2,1-2H3. The Morgan fingerprint density at radius 2 is 1.64 bits per heavy atom. The molecule has 1 aliphatic heterocycles. The van der Waals surface area contributed by atoms with E-state index in [1.165, 1.54) is 0 Å². The molecular weight excluding hydrogens is 312 g/mol. The Labute approximate surface area is 150 Å². The first-order valence-corrected chi connectivity index (χ1v) is 8.96. The SMILES string of the molecule is CC(C)CN1CCN(C(=O)c2cccc(Oc3ccccc3)c2)CC1. The predicted octanol–water partition coefficient (Wildman–Crippen LogP) is 3.89. The molecular formula is C21H26N2O2. The minimum atomic E-state index is 0.0858. The molecule has 0 atom stereocenters. The lowest BCUT2D eigenvalue weighted by Gasteiger charge is -2.35. The van der Waals surface area contributed by atoms with Gasteiger partial charge in [0.05, 0.1) is 0 Å². The van der Waals surface area contributed by atoms with Crippen LogP contribution in [0.15, 0.2) is 54.6 Å². The van der Waals surface area contributed by atoms with Crippen LogP contribution in [0.5, 0.6) is 11.5 Å². The summed E-state index contributed by atoms with van der Waals surface area (Å²) < 4.78 is 5.84. The van der Waals surface area contributed by atoms with Crippen molar-refractivity contribution in [3.05, 3.63) is 60.2 Å². The third-order valence-electron chi connectivity index (χ3n) is 4.34. The van der Waals surface area contributed by atoms with E-state index in [1.54, 1.807) is 0 Å². The molecule has 0 aliphatic carbocycles. The first-order chi connectivity index (χ1) is 12.1. The minimum absolute atomic E-state index is 0.0858. The molecule has 2 aromatic rings. The molecule has 1 aliphatic rings. The van der Waals surface area contributed by atoms with Crippen LogP contribution in [0.4, 0.5) is 0 Å². The maximum atomic E-state index is 12.8. The van der Waals surface area contributed by atoms with E-state index in [0.717, 1.165) is 38.5 Å². The zero-order chi connectivity index (χ0) is 17.6. The Hall–Kier alpha value is -2.33. The largest absolute Gasteiger partial charge is 0.457 e. The van der Waals surface area contributed by atoms with Gasteiger partial charge in [0, 0.05) is 38.3 Å². The molecule has 0 radical (unpaired) electrons. The van der Waals surface area contributed by atoms with Gasteiger partial charge < -0.3 is 9.64 Å².